The average Bonchev–Trinajstić information content (AvgIpc) is 2.68. The third-order valence-electron chi connectivity index (χ3n) is 5.32. The number of carbonyl (C=O) groups excluding carboxylic acids is 4. The monoisotopic (exact) mass is 248 g/mol. The van der Waals surface area contributed by atoms with Crippen molar-refractivity contribution >= 4 is 23.5 Å². The highest BCUT2D eigenvalue weighted by molar-refractivity contribution is 6.09. The summed E-state index contributed by atoms with van der Waals surface area (Å²) in [6, 6.07) is 0. The molecule has 0 N–H and O–H groups in total. The van der Waals surface area contributed by atoms with Crippen molar-refractivity contribution in [3.8, 4) is 0 Å². The minimum Gasteiger partial charge on any atom is -0.393 e. The van der Waals surface area contributed by atoms with Gasteiger partial charge in [-0.2, -0.15) is 0 Å². The van der Waals surface area contributed by atoms with Crippen molar-refractivity contribution in [3.63, 3.8) is 0 Å². The Labute approximate surface area is 103 Å². The van der Waals surface area contributed by atoms with Crippen LogP contribution in [0.1, 0.15) is 19.3 Å². The molecule has 94 valence electrons. The van der Waals surface area contributed by atoms with Gasteiger partial charge in [-0.3, -0.25) is 19.2 Å². The minimum atomic E-state index is -0.429. The highest BCUT2D eigenvalue weighted by Gasteiger charge is 2.67. The van der Waals surface area contributed by atoms with Gasteiger partial charge >= 0.3 is 11.9 Å². The van der Waals surface area contributed by atoms with E-state index in [2.05, 4.69) is 4.74 Å². The molecule has 0 aromatic carbocycles. The first-order valence-electron chi connectivity index (χ1n) is 6.39. The van der Waals surface area contributed by atoms with E-state index in [1.54, 1.807) is 0 Å². The van der Waals surface area contributed by atoms with Crippen molar-refractivity contribution in [2.45, 2.75) is 19.3 Å². The molecule has 18 heavy (non-hydrogen) atoms. The van der Waals surface area contributed by atoms with Gasteiger partial charge in [0.05, 0.1) is 18.3 Å². The Morgan fingerprint density at radius 1 is 0.778 bits per heavy atom. The Bertz CT molecular complexity index is 434. The maximum absolute atomic E-state index is 11.7. The molecule has 0 spiro atoms. The van der Waals surface area contributed by atoms with E-state index >= 15 is 0 Å². The molecule has 6 unspecified atom stereocenters. The third-order valence-corrected chi connectivity index (χ3v) is 5.32. The first-order chi connectivity index (χ1) is 8.58. The van der Waals surface area contributed by atoms with Crippen LogP contribution in [0.2, 0.25) is 0 Å². The zero-order valence-corrected chi connectivity index (χ0v) is 9.63. The minimum absolute atomic E-state index is 0.0181. The van der Waals surface area contributed by atoms with Crippen LogP contribution < -0.4 is 0 Å². The molecule has 3 saturated carbocycles. The molecule has 4 aliphatic rings. The topological polar surface area (TPSA) is 77.5 Å². The predicted octanol–water partition coefficient (Wildman–Crippen LogP) is 0.116. The molecule has 0 aromatic rings. The van der Waals surface area contributed by atoms with Gasteiger partial charge in [0.2, 0.25) is 0 Å². The number of ether oxygens (including phenoxy) is 1. The second-order valence-corrected chi connectivity index (χ2v) is 5.91. The summed E-state index contributed by atoms with van der Waals surface area (Å²) in [5.41, 5.74) is 0. The number of hydrogen-bond donors (Lipinski definition) is 0. The van der Waals surface area contributed by atoms with Gasteiger partial charge in [0, 0.05) is 11.8 Å². The van der Waals surface area contributed by atoms with Gasteiger partial charge in [0.1, 0.15) is 11.6 Å². The Morgan fingerprint density at radius 2 is 1.22 bits per heavy atom. The molecular weight excluding hydrogens is 236 g/mol. The van der Waals surface area contributed by atoms with Crippen molar-refractivity contribution < 1.29 is 23.9 Å². The van der Waals surface area contributed by atoms with Gasteiger partial charge in [0.25, 0.3) is 0 Å². The van der Waals surface area contributed by atoms with Crippen LogP contribution in [0.3, 0.4) is 0 Å². The zero-order chi connectivity index (χ0) is 12.6. The van der Waals surface area contributed by atoms with E-state index in [0.29, 0.717) is 12.8 Å². The molecule has 5 heteroatoms. The number of rotatable bonds is 0. The molecule has 0 radical (unpaired) electrons. The Hall–Kier alpha value is -1.52. The van der Waals surface area contributed by atoms with Crippen LogP contribution >= 0.6 is 0 Å². The van der Waals surface area contributed by atoms with Crippen molar-refractivity contribution in [2.24, 2.45) is 35.5 Å². The van der Waals surface area contributed by atoms with Gasteiger partial charge in [-0.05, 0) is 24.7 Å². The summed E-state index contributed by atoms with van der Waals surface area (Å²) in [5.74, 6) is -1.77. The molecule has 4 rings (SSSR count). The number of Topliss-reactive ketones (excluding diaryl/α,β-unsaturated/α-hetero) is 2. The van der Waals surface area contributed by atoms with Gasteiger partial charge in [0.15, 0.2) is 0 Å². The second kappa shape index (κ2) is 3.08. The summed E-state index contributed by atoms with van der Waals surface area (Å²) in [5, 5.41) is 0. The molecule has 0 aromatic heterocycles. The number of ketones is 2. The lowest BCUT2D eigenvalue weighted by Gasteiger charge is -2.50. The number of cyclic esters (lactones) is 2. The van der Waals surface area contributed by atoms with Crippen molar-refractivity contribution in [1.82, 2.24) is 0 Å². The summed E-state index contributed by atoms with van der Waals surface area (Å²) >= 11 is 0. The lowest BCUT2D eigenvalue weighted by molar-refractivity contribution is -0.153. The summed E-state index contributed by atoms with van der Waals surface area (Å²) in [6.07, 6.45) is 1.22. The second-order valence-electron chi connectivity index (χ2n) is 5.91. The number of carbonyl (C=O) groups is 4. The van der Waals surface area contributed by atoms with Crippen LogP contribution in [0.25, 0.3) is 0 Å². The maximum atomic E-state index is 11.7. The van der Waals surface area contributed by atoms with E-state index < -0.39 is 11.9 Å². The van der Waals surface area contributed by atoms with Crippen molar-refractivity contribution in [3.05, 3.63) is 0 Å². The van der Waals surface area contributed by atoms with Crippen LogP contribution in [0.4, 0.5) is 0 Å². The number of fused-ring (bicyclic) bond motifs is 5. The number of hydrogen-bond acceptors (Lipinski definition) is 5. The average molecular weight is 248 g/mol. The SMILES string of the molecule is O=C1CC(=O)C2CC3C(CC12)C1C(=O)OC(=O)C31. The van der Waals surface area contributed by atoms with Gasteiger partial charge in [-0.25, -0.2) is 0 Å². The fraction of sp³-hybridized carbons (Fsp3) is 0.692. The largest absolute Gasteiger partial charge is 0.393 e. The molecule has 1 heterocycles. The van der Waals surface area contributed by atoms with E-state index in [-0.39, 0.29) is 53.5 Å². The van der Waals surface area contributed by atoms with E-state index in [1.807, 2.05) is 0 Å². The summed E-state index contributed by atoms with van der Waals surface area (Å²) in [4.78, 5) is 46.5. The predicted molar refractivity (Wildman–Crippen MR) is 55.9 cm³/mol. The quantitative estimate of drug-likeness (QED) is 0.449. The fourth-order valence-electron chi connectivity index (χ4n) is 4.50. The van der Waals surface area contributed by atoms with Gasteiger partial charge in [-0.15, -0.1) is 0 Å². The summed E-state index contributed by atoms with van der Waals surface area (Å²) < 4.78 is 4.67. The van der Waals surface area contributed by atoms with Crippen LogP contribution in [-0.2, 0) is 23.9 Å². The molecule has 0 amide bonds. The molecule has 1 saturated heterocycles. The number of esters is 2. The van der Waals surface area contributed by atoms with Gasteiger partial charge < -0.3 is 4.74 Å². The molecular formula is C13H12O5. The highest BCUT2D eigenvalue weighted by atomic mass is 16.6. The van der Waals surface area contributed by atoms with Gasteiger partial charge in [-0.1, -0.05) is 0 Å². The van der Waals surface area contributed by atoms with Crippen molar-refractivity contribution in [1.29, 1.82) is 0 Å². The van der Waals surface area contributed by atoms with Crippen LogP contribution in [-0.4, -0.2) is 23.5 Å². The third kappa shape index (κ3) is 1.03. The Morgan fingerprint density at radius 3 is 1.67 bits per heavy atom. The maximum Gasteiger partial charge on any atom is 0.317 e. The summed E-state index contributed by atoms with van der Waals surface area (Å²) in [7, 11) is 0. The van der Waals surface area contributed by atoms with Crippen LogP contribution in [0.5, 0.6) is 0 Å². The van der Waals surface area contributed by atoms with Crippen LogP contribution in [0, 0.1) is 35.5 Å². The van der Waals surface area contributed by atoms with E-state index in [9.17, 15) is 19.2 Å². The molecule has 4 fully saturated rings. The lowest BCUT2D eigenvalue weighted by atomic mass is 9.49. The molecule has 1 aliphatic heterocycles. The molecule has 0 bridgehead atoms. The smallest absolute Gasteiger partial charge is 0.317 e. The Balaban J connectivity index is 1.65. The first kappa shape index (κ1) is 10.4. The fourth-order valence-corrected chi connectivity index (χ4v) is 4.50. The van der Waals surface area contributed by atoms with E-state index in [1.165, 1.54) is 0 Å². The standard InChI is InChI=1S/C13H12O5/c14-8-3-9(15)5-2-7-6(1-4(5)8)10-11(7)13(17)18-12(10)16/h4-7,10-11H,1-3H2. The molecule has 6 atom stereocenters. The van der Waals surface area contributed by atoms with Crippen LogP contribution in [0.15, 0.2) is 0 Å². The first-order valence-corrected chi connectivity index (χ1v) is 6.39. The van der Waals surface area contributed by atoms with E-state index in [0.717, 1.165) is 0 Å². The lowest BCUT2D eigenvalue weighted by Crippen LogP contribution is -2.53. The molecule has 5 nitrogen and oxygen atoms in total. The van der Waals surface area contributed by atoms with E-state index in [4.69, 9.17) is 0 Å². The molecule has 3 aliphatic carbocycles. The summed E-state index contributed by atoms with van der Waals surface area (Å²) in [6.45, 7) is 0. The normalized spacial score (nSPS) is 49.3. The Kier molecular flexibility index (Phi) is 1.78. The highest BCUT2D eigenvalue weighted by Crippen LogP contribution is 2.60. The zero-order valence-electron chi connectivity index (χ0n) is 9.63. The van der Waals surface area contributed by atoms with Crippen molar-refractivity contribution in [2.75, 3.05) is 0 Å².